The SMILES string of the molecule is O=C(NC1CCN(C(C(=O)NCC2CC(C(F)(F)F)CC(C(F)(F)F)C2)C2CCCCC2)CC1)C1CCCCC1. The van der Waals surface area contributed by atoms with E-state index in [9.17, 15) is 35.9 Å². The zero-order valence-corrected chi connectivity index (χ0v) is 23.3. The molecule has 1 saturated heterocycles. The Kier molecular flexibility index (Phi) is 10.7. The van der Waals surface area contributed by atoms with Crippen LogP contribution in [0.4, 0.5) is 26.3 Å². The van der Waals surface area contributed by atoms with E-state index in [-0.39, 0.29) is 36.2 Å². The van der Waals surface area contributed by atoms with Crippen LogP contribution < -0.4 is 10.6 Å². The van der Waals surface area contributed by atoms with Crippen LogP contribution >= 0.6 is 0 Å². The molecule has 0 radical (unpaired) electrons. The number of nitrogens with one attached hydrogen (secondary N) is 2. The van der Waals surface area contributed by atoms with Crippen molar-refractivity contribution in [1.29, 1.82) is 0 Å². The number of rotatable bonds is 7. The summed E-state index contributed by atoms with van der Waals surface area (Å²) in [6.45, 7) is 1.08. The highest BCUT2D eigenvalue weighted by Gasteiger charge is 2.52. The Bertz CT molecular complexity index is 809. The molecular formula is C29H45F6N3O2. The fourth-order valence-corrected chi connectivity index (χ4v) is 7.62. The Morgan fingerprint density at radius 2 is 1.25 bits per heavy atom. The minimum atomic E-state index is -4.69. The number of likely N-dealkylation sites (tertiary alicyclic amines) is 1. The van der Waals surface area contributed by atoms with Crippen LogP contribution in [0.1, 0.15) is 96.3 Å². The monoisotopic (exact) mass is 581 g/mol. The molecule has 0 aromatic carbocycles. The van der Waals surface area contributed by atoms with Gasteiger partial charge in [-0.05, 0) is 69.6 Å². The average molecular weight is 582 g/mol. The van der Waals surface area contributed by atoms with Gasteiger partial charge in [-0.1, -0.05) is 38.5 Å². The summed E-state index contributed by atoms with van der Waals surface area (Å²) in [6.07, 6.45) is 0.436. The molecule has 0 spiro atoms. The summed E-state index contributed by atoms with van der Waals surface area (Å²) in [6, 6.07) is -0.391. The third-order valence-electron chi connectivity index (χ3n) is 9.91. The number of alkyl halides is 6. The molecule has 3 unspecified atom stereocenters. The minimum Gasteiger partial charge on any atom is -0.354 e. The van der Waals surface area contributed by atoms with E-state index in [1.54, 1.807) is 0 Å². The van der Waals surface area contributed by atoms with Crippen LogP contribution in [-0.2, 0) is 9.59 Å². The largest absolute Gasteiger partial charge is 0.391 e. The maximum absolute atomic E-state index is 13.5. The Morgan fingerprint density at radius 1 is 0.725 bits per heavy atom. The van der Waals surface area contributed by atoms with Gasteiger partial charge in [-0.2, -0.15) is 26.3 Å². The fourth-order valence-electron chi connectivity index (χ4n) is 7.62. The molecule has 1 aliphatic heterocycles. The van der Waals surface area contributed by atoms with Crippen LogP contribution in [0.2, 0.25) is 0 Å². The van der Waals surface area contributed by atoms with E-state index >= 15 is 0 Å². The predicted octanol–water partition coefficient (Wildman–Crippen LogP) is 6.37. The van der Waals surface area contributed by atoms with Crippen LogP contribution in [0.25, 0.3) is 0 Å². The van der Waals surface area contributed by atoms with Gasteiger partial charge in [-0.25, -0.2) is 0 Å². The van der Waals surface area contributed by atoms with Crippen molar-refractivity contribution in [2.45, 2.75) is 121 Å². The number of carbonyl (C=O) groups is 2. The fraction of sp³-hybridized carbons (Fsp3) is 0.931. The number of piperidine rings is 1. The number of hydrogen-bond acceptors (Lipinski definition) is 3. The van der Waals surface area contributed by atoms with Gasteiger partial charge in [-0.3, -0.25) is 14.5 Å². The zero-order chi connectivity index (χ0) is 28.9. The highest BCUT2D eigenvalue weighted by molar-refractivity contribution is 5.82. The maximum atomic E-state index is 13.5. The van der Waals surface area contributed by atoms with Crippen molar-refractivity contribution in [3.8, 4) is 0 Å². The van der Waals surface area contributed by atoms with Crippen LogP contribution in [0.15, 0.2) is 0 Å². The predicted molar refractivity (Wildman–Crippen MR) is 139 cm³/mol. The van der Waals surface area contributed by atoms with Gasteiger partial charge in [0.1, 0.15) is 0 Å². The van der Waals surface area contributed by atoms with E-state index in [0.29, 0.717) is 13.1 Å². The zero-order valence-electron chi connectivity index (χ0n) is 23.3. The summed E-state index contributed by atoms with van der Waals surface area (Å²) in [5, 5.41) is 6.00. The van der Waals surface area contributed by atoms with Crippen LogP contribution in [0, 0.1) is 29.6 Å². The van der Waals surface area contributed by atoms with Gasteiger partial charge >= 0.3 is 12.4 Å². The summed E-state index contributed by atoms with van der Waals surface area (Å²) >= 11 is 0. The second-order valence-corrected chi connectivity index (χ2v) is 12.8. The second kappa shape index (κ2) is 13.6. The Labute approximate surface area is 233 Å². The second-order valence-electron chi connectivity index (χ2n) is 12.8. The molecule has 4 rings (SSSR count). The molecule has 1 heterocycles. The highest BCUT2D eigenvalue weighted by atomic mass is 19.4. The molecule has 3 atom stereocenters. The van der Waals surface area contributed by atoms with Crippen molar-refractivity contribution in [2.75, 3.05) is 19.6 Å². The molecule has 2 N–H and O–H groups in total. The smallest absolute Gasteiger partial charge is 0.354 e. The van der Waals surface area contributed by atoms with E-state index in [4.69, 9.17) is 0 Å². The normalized spacial score (nSPS) is 29.6. The van der Waals surface area contributed by atoms with Crippen molar-refractivity contribution >= 4 is 11.8 Å². The molecule has 3 aliphatic carbocycles. The molecule has 0 aromatic heterocycles. The van der Waals surface area contributed by atoms with Crippen molar-refractivity contribution < 1.29 is 35.9 Å². The summed E-state index contributed by atoms with van der Waals surface area (Å²) < 4.78 is 80.5. The molecule has 0 aromatic rings. The molecule has 4 fully saturated rings. The third-order valence-corrected chi connectivity index (χ3v) is 9.91. The Hall–Kier alpha value is -1.52. The molecule has 2 amide bonds. The summed E-state index contributed by atoms with van der Waals surface area (Å²) in [5.41, 5.74) is 0. The first kappa shape index (κ1) is 31.4. The van der Waals surface area contributed by atoms with Gasteiger partial charge < -0.3 is 10.6 Å². The Balaban J connectivity index is 1.35. The molecule has 5 nitrogen and oxygen atoms in total. The van der Waals surface area contributed by atoms with Gasteiger partial charge in [0, 0.05) is 31.6 Å². The molecule has 230 valence electrons. The standard InChI is InChI=1S/C29H45F6N3O2/c30-28(31,32)22-15-19(16-23(17-22)29(33,34)35)18-36-27(40)25(20-7-3-1-4-8-20)38-13-11-24(12-14-38)37-26(39)21-9-5-2-6-10-21/h19-25H,1-18H2,(H,36,40)(H,37,39). The van der Waals surface area contributed by atoms with Crippen LogP contribution in [0.3, 0.4) is 0 Å². The van der Waals surface area contributed by atoms with Crippen molar-refractivity contribution in [3.63, 3.8) is 0 Å². The third kappa shape index (κ3) is 8.51. The lowest BCUT2D eigenvalue weighted by Crippen LogP contribution is -2.56. The van der Waals surface area contributed by atoms with Crippen LogP contribution in [-0.4, -0.2) is 60.8 Å². The van der Waals surface area contributed by atoms with E-state index in [1.165, 1.54) is 6.42 Å². The minimum absolute atomic E-state index is 0.0570. The highest BCUT2D eigenvalue weighted by Crippen LogP contribution is 2.47. The van der Waals surface area contributed by atoms with Crippen molar-refractivity contribution in [1.82, 2.24) is 15.5 Å². The Morgan fingerprint density at radius 3 is 1.77 bits per heavy atom. The van der Waals surface area contributed by atoms with Crippen molar-refractivity contribution in [3.05, 3.63) is 0 Å². The van der Waals surface area contributed by atoms with Gasteiger partial charge in [0.05, 0.1) is 17.9 Å². The first-order valence-corrected chi connectivity index (χ1v) is 15.4. The summed E-state index contributed by atoms with van der Waals surface area (Å²) in [7, 11) is 0. The average Bonchev–Trinajstić information content (AvgIpc) is 2.93. The van der Waals surface area contributed by atoms with E-state index in [2.05, 4.69) is 15.5 Å². The molecule has 0 bridgehead atoms. The van der Waals surface area contributed by atoms with E-state index < -0.39 is 55.4 Å². The van der Waals surface area contributed by atoms with E-state index in [1.807, 2.05) is 0 Å². The number of amides is 2. The lowest BCUT2D eigenvalue weighted by molar-refractivity contribution is -0.228. The summed E-state index contributed by atoms with van der Waals surface area (Å²) in [5.74, 6) is -4.85. The number of carbonyl (C=O) groups excluding carboxylic acids is 2. The maximum Gasteiger partial charge on any atom is 0.391 e. The quantitative estimate of drug-likeness (QED) is 0.344. The summed E-state index contributed by atoms with van der Waals surface area (Å²) in [4.78, 5) is 28.4. The number of hydrogen-bond donors (Lipinski definition) is 2. The topological polar surface area (TPSA) is 61.4 Å². The lowest BCUT2D eigenvalue weighted by atomic mass is 9.74. The van der Waals surface area contributed by atoms with Crippen molar-refractivity contribution in [2.24, 2.45) is 29.6 Å². The molecule has 11 heteroatoms. The van der Waals surface area contributed by atoms with Crippen LogP contribution in [0.5, 0.6) is 0 Å². The molecule has 3 saturated carbocycles. The van der Waals surface area contributed by atoms with E-state index in [0.717, 1.165) is 70.6 Å². The first-order valence-electron chi connectivity index (χ1n) is 15.4. The first-order chi connectivity index (χ1) is 18.9. The molecule has 40 heavy (non-hydrogen) atoms. The molecular weight excluding hydrogens is 536 g/mol. The van der Waals surface area contributed by atoms with Gasteiger partial charge in [0.25, 0.3) is 0 Å². The lowest BCUT2D eigenvalue weighted by Gasteiger charge is -2.42. The molecule has 4 aliphatic rings. The number of nitrogens with zero attached hydrogens (tertiary/aromatic N) is 1. The van der Waals surface area contributed by atoms with Gasteiger partial charge in [-0.15, -0.1) is 0 Å². The van der Waals surface area contributed by atoms with Gasteiger partial charge in [0.2, 0.25) is 11.8 Å². The van der Waals surface area contributed by atoms with Gasteiger partial charge in [0.15, 0.2) is 0 Å². The number of halogens is 6.